The zero-order chi connectivity index (χ0) is 24.5. The highest BCUT2D eigenvalue weighted by Crippen LogP contribution is 2.14. The summed E-state index contributed by atoms with van der Waals surface area (Å²) >= 11 is 0. The molecule has 11 heteroatoms. The number of nitrogens with one attached hydrogen (secondary N) is 3. The van der Waals surface area contributed by atoms with Crippen molar-refractivity contribution in [3.63, 3.8) is 0 Å². The van der Waals surface area contributed by atoms with Gasteiger partial charge in [-0.1, -0.05) is 12.1 Å². The van der Waals surface area contributed by atoms with Crippen LogP contribution in [0.25, 0.3) is 0 Å². The lowest BCUT2D eigenvalue weighted by Gasteiger charge is -2.18. The summed E-state index contributed by atoms with van der Waals surface area (Å²) in [5.74, 6) is -1.31. The Morgan fingerprint density at radius 3 is 2.36 bits per heavy atom. The molecule has 2 aromatic rings. The molecule has 3 amide bonds. The molecule has 1 heterocycles. The molecule has 0 aliphatic heterocycles. The van der Waals surface area contributed by atoms with Gasteiger partial charge in [0.15, 0.2) is 0 Å². The molecule has 178 valence electrons. The minimum Gasteiger partial charge on any atom is -0.508 e. The number of phenols is 1. The number of aromatic hydroxyl groups is 1. The maximum Gasteiger partial charge on any atom is 0.328 e. The molecule has 11 nitrogen and oxygen atoms in total. The number of rotatable bonds is 10. The van der Waals surface area contributed by atoms with Gasteiger partial charge < -0.3 is 31.1 Å². The van der Waals surface area contributed by atoms with Gasteiger partial charge in [-0.25, -0.2) is 19.6 Å². The lowest BCUT2D eigenvalue weighted by molar-refractivity contribution is -0.139. The lowest BCUT2D eigenvalue weighted by atomic mass is 10.1. The van der Waals surface area contributed by atoms with E-state index in [1.165, 1.54) is 19.0 Å². The SMILES string of the molecule is Cc1nc(NCCCc2cccc(O)c2)nc(C)c1C(=O)N[C@@H](CNC(=O)N(C)C)C(=O)O. The molecule has 5 N–H and O–H groups in total. The van der Waals surface area contributed by atoms with Crippen molar-refractivity contribution >= 4 is 23.9 Å². The number of hydrogen-bond donors (Lipinski definition) is 5. The minimum atomic E-state index is -1.31. The van der Waals surface area contributed by atoms with Crippen molar-refractivity contribution in [2.45, 2.75) is 32.7 Å². The quantitative estimate of drug-likeness (QED) is 0.334. The summed E-state index contributed by atoms with van der Waals surface area (Å²) in [6.45, 7) is 3.61. The van der Waals surface area contributed by atoms with Gasteiger partial charge in [0, 0.05) is 20.6 Å². The number of phenolic OH excluding ortho intramolecular Hbond substituents is 1. The van der Waals surface area contributed by atoms with Crippen molar-refractivity contribution in [2.75, 3.05) is 32.5 Å². The van der Waals surface area contributed by atoms with E-state index in [4.69, 9.17) is 0 Å². The van der Waals surface area contributed by atoms with E-state index in [1.54, 1.807) is 32.0 Å². The summed E-state index contributed by atoms with van der Waals surface area (Å²) in [5, 5.41) is 26.9. The van der Waals surface area contributed by atoms with Gasteiger partial charge in [-0.05, 0) is 44.4 Å². The number of amides is 3. The Bertz CT molecular complexity index is 988. The van der Waals surface area contributed by atoms with Crippen molar-refractivity contribution in [3.8, 4) is 5.75 Å². The summed E-state index contributed by atoms with van der Waals surface area (Å²) < 4.78 is 0. The molecule has 0 saturated carbocycles. The average molecular weight is 459 g/mol. The van der Waals surface area contributed by atoms with Crippen molar-refractivity contribution in [1.82, 2.24) is 25.5 Å². The molecule has 1 aromatic heterocycles. The van der Waals surface area contributed by atoms with E-state index < -0.39 is 23.9 Å². The average Bonchev–Trinajstić information content (AvgIpc) is 2.73. The monoisotopic (exact) mass is 458 g/mol. The molecule has 0 saturated heterocycles. The van der Waals surface area contributed by atoms with Gasteiger partial charge in [0.1, 0.15) is 11.8 Å². The van der Waals surface area contributed by atoms with E-state index >= 15 is 0 Å². The number of benzene rings is 1. The van der Waals surface area contributed by atoms with Gasteiger partial charge in [0.25, 0.3) is 5.91 Å². The van der Waals surface area contributed by atoms with Gasteiger partial charge in [-0.2, -0.15) is 0 Å². The van der Waals surface area contributed by atoms with Crippen LogP contribution < -0.4 is 16.0 Å². The first-order valence-electron chi connectivity index (χ1n) is 10.4. The second-order valence-corrected chi connectivity index (χ2v) is 7.74. The third kappa shape index (κ3) is 7.63. The predicted octanol–water partition coefficient (Wildman–Crippen LogP) is 1.30. The molecule has 0 fully saturated rings. The molecule has 1 aromatic carbocycles. The fraction of sp³-hybridized carbons (Fsp3) is 0.409. The van der Waals surface area contributed by atoms with Crippen LogP contribution in [0.15, 0.2) is 24.3 Å². The fourth-order valence-electron chi connectivity index (χ4n) is 3.11. The van der Waals surface area contributed by atoms with Crippen LogP contribution in [0.5, 0.6) is 5.75 Å². The smallest absolute Gasteiger partial charge is 0.328 e. The van der Waals surface area contributed by atoms with Crippen molar-refractivity contribution < 1.29 is 24.6 Å². The number of carboxylic acid groups (broad SMARTS) is 1. The second kappa shape index (κ2) is 11.7. The van der Waals surface area contributed by atoms with E-state index in [-0.39, 0.29) is 17.9 Å². The van der Waals surface area contributed by atoms with Crippen LogP contribution in [-0.2, 0) is 11.2 Å². The number of carbonyl (C=O) groups is 3. The topological polar surface area (TPSA) is 157 Å². The zero-order valence-electron chi connectivity index (χ0n) is 19.2. The number of anilines is 1. The molecule has 1 atom stereocenters. The Morgan fingerprint density at radius 2 is 1.79 bits per heavy atom. The Balaban J connectivity index is 1.97. The van der Waals surface area contributed by atoms with E-state index in [0.29, 0.717) is 23.9 Å². The van der Waals surface area contributed by atoms with Crippen molar-refractivity contribution in [2.24, 2.45) is 0 Å². The Hall–Kier alpha value is -3.89. The number of aryl methyl sites for hydroxylation is 3. The maximum atomic E-state index is 12.7. The number of aliphatic carboxylic acids is 1. The van der Waals surface area contributed by atoms with Gasteiger partial charge in [-0.15, -0.1) is 0 Å². The highest BCUT2D eigenvalue weighted by atomic mass is 16.4. The molecule has 0 unspecified atom stereocenters. The van der Waals surface area contributed by atoms with Crippen LogP contribution in [0, 0.1) is 13.8 Å². The highest BCUT2D eigenvalue weighted by Gasteiger charge is 2.24. The number of nitrogens with zero attached hydrogens (tertiary/aromatic N) is 3. The predicted molar refractivity (Wildman–Crippen MR) is 122 cm³/mol. The van der Waals surface area contributed by atoms with E-state index in [9.17, 15) is 24.6 Å². The van der Waals surface area contributed by atoms with Crippen LogP contribution in [0.4, 0.5) is 10.7 Å². The summed E-state index contributed by atoms with van der Waals surface area (Å²) in [4.78, 5) is 45.8. The first kappa shape index (κ1) is 25.4. The highest BCUT2D eigenvalue weighted by molar-refractivity contribution is 5.98. The normalized spacial score (nSPS) is 11.4. The third-order valence-electron chi connectivity index (χ3n) is 4.80. The molecule has 0 bridgehead atoms. The van der Waals surface area contributed by atoms with Crippen LogP contribution in [0.1, 0.15) is 33.7 Å². The fourth-order valence-corrected chi connectivity index (χ4v) is 3.11. The van der Waals surface area contributed by atoms with Gasteiger partial charge in [0.05, 0.1) is 23.5 Å². The Morgan fingerprint density at radius 1 is 1.12 bits per heavy atom. The summed E-state index contributed by atoms with van der Waals surface area (Å²) in [6, 6.07) is 5.30. The largest absolute Gasteiger partial charge is 0.508 e. The minimum absolute atomic E-state index is 0.186. The van der Waals surface area contributed by atoms with Crippen molar-refractivity contribution in [3.05, 3.63) is 46.8 Å². The molecule has 2 rings (SSSR count). The van der Waals surface area contributed by atoms with Crippen LogP contribution in [0.3, 0.4) is 0 Å². The van der Waals surface area contributed by atoms with Gasteiger partial charge >= 0.3 is 12.0 Å². The van der Waals surface area contributed by atoms with Gasteiger partial charge in [0.2, 0.25) is 5.95 Å². The van der Waals surface area contributed by atoms with Crippen LogP contribution in [0.2, 0.25) is 0 Å². The van der Waals surface area contributed by atoms with Crippen LogP contribution >= 0.6 is 0 Å². The summed E-state index contributed by atoms with van der Waals surface area (Å²) in [7, 11) is 3.05. The number of carbonyl (C=O) groups excluding carboxylic acids is 2. The number of carboxylic acids is 1. The van der Waals surface area contributed by atoms with Crippen molar-refractivity contribution in [1.29, 1.82) is 0 Å². The molecule has 0 spiro atoms. The number of urea groups is 1. The van der Waals surface area contributed by atoms with Crippen LogP contribution in [-0.4, -0.2) is 76.2 Å². The molecule has 0 aliphatic carbocycles. The first-order chi connectivity index (χ1) is 15.6. The molecule has 0 aliphatic rings. The molecule has 33 heavy (non-hydrogen) atoms. The summed E-state index contributed by atoms with van der Waals surface area (Å²) in [5.41, 5.74) is 2.01. The number of aromatic nitrogens is 2. The van der Waals surface area contributed by atoms with E-state index in [1.807, 2.05) is 6.07 Å². The second-order valence-electron chi connectivity index (χ2n) is 7.74. The first-order valence-corrected chi connectivity index (χ1v) is 10.4. The lowest BCUT2D eigenvalue weighted by Crippen LogP contribution is -2.50. The summed E-state index contributed by atoms with van der Waals surface area (Å²) in [6.07, 6.45) is 1.55. The zero-order valence-corrected chi connectivity index (χ0v) is 19.2. The Kier molecular flexibility index (Phi) is 8.96. The van der Waals surface area contributed by atoms with E-state index in [2.05, 4.69) is 25.9 Å². The van der Waals surface area contributed by atoms with Gasteiger partial charge in [-0.3, -0.25) is 4.79 Å². The van der Waals surface area contributed by atoms with E-state index in [0.717, 1.165) is 18.4 Å². The third-order valence-corrected chi connectivity index (χ3v) is 4.80. The standard InChI is InChI=1S/C22H30N6O5/c1-13-18(19(30)27-17(20(31)32)12-24-22(33)28(3)4)14(2)26-21(25-13)23-10-6-8-15-7-5-9-16(29)11-15/h5,7,9,11,17,29H,6,8,10,12H2,1-4H3,(H,24,33)(H,27,30)(H,31,32)(H,23,25,26)/t17-/m0/s1. The molecular weight excluding hydrogens is 428 g/mol. The molecular formula is C22H30N6O5. The maximum absolute atomic E-state index is 12.7. The molecule has 0 radical (unpaired) electrons. The number of hydrogen-bond acceptors (Lipinski definition) is 7. The Labute approximate surface area is 192 Å².